The third kappa shape index (κ3) is 5.33. The Balaban J connectivity index is 1.45. The smallest absolute Gasteiger partial charge is 0.227 e. The number of aliphatic hydroxyl groups is 1. The number of hydrogen-bond acceptors (Lipinski definition) is 9. The van der Waals surface area contributed by atoms with Crippen LogP contribution in [0, 0.1) is 0 Å². The van der Waals surface area contributed by atoms with Gasteiger partial charge in [-0.2, -0.15) is 4.98 Å². The van der Waals surface area contributed by atoms with Gasteiger partial charge < -0.3 is 20.2 Å². The summed E-state index contributed by atoms with van der Waals surface area (Å²) in [6.07, 6.45) is 3.30. The van der Waals surface area contributed by atoms with Crippen LogP contribution in [0.5, 0.6) is 0 Å². The third-order valence-corrected chi connectivity index (χ3v) is 8.78. The molecule has 2 aliphatic rings. The van der Waals surface area contributed by atoms with Gasteiger partial charge in [-0.25, -0.2) is 22.8 Å². The van der Waals surface area contributed by atoms with Gasteiger partial charge in [0.2, 0.25) is 5.95 Å². The van der Waals surface area contributed by atoms with Crippen molar-refractivity contribution in [3.8, 4) is 0 Å². The number of halogens is 1. The zero-order valence-corrected chi connectivity index (χ0v) is 22.2. The molecule has 2 fully saturated rings. The topological polar surface area (TPSA) is 112 Å². The fourth-order valence-corrected chi connectivity index (χ4v) is 6.58. The molecular formula is C26H33FN6O3S. The Morgan fingerprint density at radius 2 is 1.95 bits per heavy atom. The van der Waals surface area contributed by atoms with Gasteiger partial charge in [0, 0.05) is 36.6 Å². The number of nitrogens with zero attached hydrogens (tertiary/aromatic N) is 5. The van der Waals surface area contributed by atoms with Gasteiger partial charge in [-0.15, -0.1) is 0 Å². The van der Waals surface area contributed by atoms with Crippen LogP contribution in [0.3, 0.4) is 0 Å². The highest BCUT2D eigenvalue weighted by atomic mass is 32.2. The average Bonchev–Trinajstić information content (AvgIpc) is 2.84. The fraction of sp³-hybridized carbons (Fsp3) is 0.500. The van der Waals surface area contributed by atoms with Gasteiger partial charge in [0.25, 0.3) is 0 Å². The van der Waals surface area contributed by atoms with Crippen molar-refractivity contribution in [3.63, 3.8) is 0 Å². The fourth-order valence-electron chi connectivity index (χ4n) is 5.14. The van der Waals surface area contributed by atoms with E-state index in [9.17, 15) is 17.9 Å². The molecule has 2 saturated heterocycles. The zero-order valence-electron chi connectivity index (χ0n) is 21.4. The van der Waals surface area contributed by atoms with Crippen molar-refractivity contribution in [2.45, 2.75) is 51.3 Å². The molecule has 9 nitrogen and oxygen atoms in total. The van der Waals surface area contributed by atoms with E-state index in [1.165, 1.54) is 6.92 Å². The van der Waals surface area contributed by atoms with E-state index < -0.39 is 21.6 Å². The van der Waals surface area contributed by atoms with Crippen LogP contribution in [0.1, 0.15) is 45.1 Å². The average molecular weight is 529 g/mol. The molecule has 0 amide bonds. The Morgan fingerprint density at radius 3 is 2.68 bits per heavy atom. The summed E-state index contributed by atoms with van der Waals surface area (Å²) >= 11 is 0. The predicted molar refractivity (Wildman–Crippen MR) is 144 cm³/mol. The first-order valence-electron chi connectivity index (χ1n) is 12.6. The van der Waals surface area contributed by atoms with E-state index >= 15 is 0 Å². The second-order valence-electron chi connectivity index (χ2n) is 10.5. The molecule has 5 rings (SSSR count). The van der Waals surface area contributed by atoms with Crippen LogP contribution in [0.25, 0.3) is 10.8 Å². The highest BCUT2D eigenvalue weighted by Crippen LogP contribution is 2.35. The quantitative estimate of drug-likeness (QED) is 0.511. The number of pyridine rings is 1. The molecule has 0 saturated carbocycles. The summed E-state index contributed by atoms with van der Waals surface area (Å²) in [7, 11) is -3.11. The van der Waals surface area contributed by atoms with Crippen LogP contribution in [0.2, 0.25) is 0 Å². The number of alkyl halides is 1. The van der Waals surface area contributed by atoms with E-state index in [1.54, 1.807) is 23.4 Å². The van der Waals surface area contributed by atoms with E-state index in [0.29, 0.717) is 43.5 Å². The number of aromatic nitrogens is 3. The summed E-state index contributed by atoms with van der Waals surface area (Å²) in [5, 5.41) is 15.1. The molecular weight excluding hydrogens is 495 g/mol. The molecule has 0 radical (unpaired) electrons. The number of nitrogens with one attached hydrogen (secondary N) is 1. The number of hydrogen-bond donors (Lipinski definition) is 2. The minimum atomic E-state index is -3.11. The standard InChI is InChI=1S/C26H33FN6O3S/c1-17(2)18-5-6-21(33-10-4-12-37(35,36)16-33)20-14-29-24(13-19(18)20)30-23-7-9-28-25(31-23)32-11-8-22(34)26(3,27)15-32/h5-7,9,13-14,17,22,34H,4,8,10-12,15-16H2,1-3H3,(H,28,29,30,31)/t22-,26+/m1/s1. The molecule has 0 aliphatic carbocycles. The number of sulfone groups is 1. The van der Waals surface area contributed by atoms with Crippen LogP contribution in [-0.4, -0.2) is 71.5 Å². The van der Waals surface area contributed by atoms with Crippen molar-refractivity contribution in [2.75, 3.05) is 46.4 Å². The molecule has 1 aromatic carbocycles. The van der Waals surface area contributed by atoms with Crippen molar-refractivity contribution < 1.29 is 17.9 Å². The Labute approximate surface area is 216 Å². The summed E-state index contributed by atoms with van der Waals surface area (Å²) in [5.41, 5.74) is 0.276. The molecule has 2 N–H and O–H groups in total. The molecule has 2 aliphatic heterocycles. The maximum absolute atomic E-state index is 14.7. The lowest BCUT2D eigenvalue weighted by atomic mass is 9.94. The van der Waals surface area contributed by atoms with Crippen molar-refractivity contribution in [1.82, 2.24) is 15.0 Å². The maximum Gasteiger partial charge on any atom is 0.227 e. The monoisotopic (exact) mass is 528 g/mol. The minimum absolute atomic E-state index is 0.0122. The predicted octanol–water partition coefficient (Wildman–Crippen LogP) is 3.77. The SMILES string of the molecule is CC(C)c1ccc(N2CCCS(=O)(=O)C2)c2cnc(Nc3ccnc(N4CC[C@@H](O)[C@@](C)(F)C4)n3)cc12. The highest BCUT2D eigenvalue weighted by molar-refractivity contribution is 7.91. The summed E-state index contributed by atoms with van der Waals surface area (Å²) in [6, 6.07) is 7.75. The summed E-state index contributed by atoms with van der Waals surface area (Å²) in [6.45, 7) is 6.80. The van der Waals surface area contributed by atoms with Crippen LogP contribution in [0.4, 0.5) is 27.7 Å². The normalized spacial score (nSPS) is 24.0. The molecule has 2 atom stereocenters. The van der Waals surface area contributed by atoms with Crippen molar-refractivity contribution in [3.05, 3.63) is 42.2 Å². The van der Waals surface area contributed by atoms with Gasteiger partial charge in [-0.1, -0.05) is 19.9 Å². The Hall–Kier alpha value is -3.05. The van der Waals surface area contributed by atoms with Crippen LogP contribution < -0.4 is 15.1 Å². The molecule has 0 bridgehead atoms. The van der Waals surface area contributed by atoms with Gasteiger partial charge in [-0.3, -0.25) is 0 Å². The van der Waals surface area contributed by atoms with Crippen LogP contribution in [0.15, 0.2) is 36.7 Å². The Bertz CT molecular complexity index is 1410. The highest BCUT2D eigenvalue weighted by Gasteiger charge is 2.39. The second kappa shape index (κ2) is 9.68. The first kappa shape index (κ1) is 25.6. The number of rotatable bonds is 5. The van der Waals surface area contributed by atoms with Crippen LogP contribution >= 0.6 is 0 Å². The van der Waals surface area contributed by atoms with Gasteiger partial charge in [0.15, 0.2) is 15.5 Å². The first-order valence-corrected chi connectivity index (χ1v) is 14.4. The van der Waals surface area contributed by atoms with Crippen LogP contribution in [-0.2, 0) is 9.84 Å². The largest absolute Gasteiger partial charge is 0.390 e. The van der Waals surface area contributed by atoms with Gasteiger partial charge in [0.05, 0.1) is 18.4 Å². The molecule has 4 heterocycles. The third-order valence-electron chi connectivity index (χ3n) is 7.16. The van der Waals surface area contributed by atoms with Crippen molar-refractivity contribution in [2.24, 2.45) is 0 Å². The summed E-state index contributed by atoms with van der Waals surface area (Å²) in [5.74, 6) is 1.99. The minimum Gasteiger partial charge on any atom is -0.390 e. The molecule has 11 heteroatoms. The Morgan fingerprint density at radius 1 is 1.14 bits per heavy atom. The lowest BCUT2D eigenvalue weighted by Crippen LogP contribution is -2.52. The summed E-state index contributed by atoms with van der Waals surface area (Å²) < 4.78 is 39.3. The molecule has 3 aromatic rings. The molecule has 37 heavy (non-hydrogen) atoms. The Kier molecular flexibility index (Phi) is 6.70. The molecule has 0 unspecified atom stereocenters. The number of aliphatic hydroxyl groups excluding tert-OH is 1. The van der Waals surface area contributed by atoms with E-state index in [1.807, 2.05) is 17.0 Å². The molecule has 2 aromatic heterocycles. The number of anilines is 4. The van der Waals surface area contributed by atoms with Gasteiger partial charge in [0.1, 0.15) is 17.5 Å². The van der Waals surface area contributed by atoms with Gasteiger partial charge >= 0.3 is 0 Å². The number of benzene rings is 1. The van der Waals surface area contributed by atoms with E-state index in [0.717, 1.165) is 22.0 Å². The van der Waals surface area contributed by atoms with Crippen molar-refractivity contribution >= 4 is 43.9 Å². The summed E-state index contributed by atoms with van der Waals surface area (Å²) in [4.78, 5) is 17.2. The van der Waals surface area contributed by atoms with E-state index in [2.05, 4.69) is 40.2 Å². The lowest BCUT2D eigenvalue weighted by molar-refractivity contribution is -0.00860. The molecule has 198 valence electrons. The maximum atomic E-state index is 14.7. The van der Waals surface area contributed by atoms with E-state index in [4.69, 9.17) is 0 Å². The zero-order chi connectivity index (χ0) is 26.4. The number of piperidine rings is 1. The first-order chi connectivity index (χ1) is 17.5. The lowest BCUT2D eigenvalue weighted by Gasteiger charge is -2.38. The van der Waals surface area contributed by atoms with Crippen molar-refractivity contribution in [1.29, 1.82) is 0 Å². The molecule has 0 spiro atoms. The number of fused-ring (bicyclic) bond motifs is 1. The van der Waals surface area contributed by atoms with E-state index in [-0.39, 0.29) is 24.1 Å². The van der Waals surface area contributed by atoms with Gasteiger partial charge in [-0.05, 0) is 54.8 Å². The second-order valence-corrected chi connectivity index (χ2v) is 12.7.